The summed E-state index contributed by atoms with van der Waals surface area (Å²) < 4.78 is 1.14. The lowest BCUT2D eigenvalue weighted by atomic mass is 10.00. The van der Waals surface area contributed by atoms with Gasteiger partial charge in [-0.2, -0.15) is 0 Å². The molecule has 4 rings (SSSR count). The van der Waals surface area contributed by atoms with E-state index >= 15 is 0 Å². The van der Waals surface area contributed by atoms with Gasteiger partial charge in [-0.3, -0.25) is 19.1 Å². The third-order valence-corrected chi connectivity index (χ3v) is 5.71. The van der Waals surface area contributed by atoms with Gasteiger partial charge in [-0.1, -0.05) is 24.3 Å². The van der Waals surface area contributed by atoms with Gasteiger partial charge in [0.2, 0.25) is 0 Å². The van der Waals surface area contributed by atoms with Gasteiger partial charge in [-0.15, -0.1) is 0 Å². The minimum absolute atomic E-state index is 0.207. The van der Waals surface area contributed by atoms with E-state index in [1.165, 1.54) is 11.1 Å². The topological polar surface area (TPSA) is 87.2 Å². The van der Waals surface area contributed by atoms with Crippen LogP contribution in [0.25, 0.3) is 10.9 Å². The summed E-state index contributed by atoms with van der Waals surface area (Å²) >= 11 is 0. The van der Waals surface area contributed by atoms with Crippen molar-refractivity contribution in [2.75, 3.05) is 19.6 Å². The molecule has 30 heavy (non-hydrogen) atoms. The first kappa shape index (κ1) is 20.1. The standard InChI is InChI=1S/C23H26N4O3/c1-2-27-22(29)19-9-8-17(14-20(19)25-23(27)30)21(28)24-11-5-12-26-13-10-16-6-3-4-7-18(16)15-26/h3-4,6-9,14H,2,5,10-13,15H2,1H3,(H,24,28)(H,25,30). The number of fused-ring (bicyclic) bond motifs is 2. The van der Waals surface area contributed by atoms with E-state index in [1.54, 1.807) is 25.1 Å². The number of nitrogens with zero attached hydrogens (tertiary/aromatic N) is 2. The smallest absolute Gasteiger partial charge is 0.328 e. The molecule has 1 amide bonds. The first-order chi connectivity index (χ1) is 14.6. The van der Waals surface area contributed by atoms with E-state index in [4.69, 9.17) is 0 Å². The summed E-state index contributed by atoms with van der Waals surface area (Å²) in [6.45, 7) is 5.54. The van der Waals surface area contributed by atoms with Crippen LogP contribution in [-0.2, 0) is 19.5 Å². The minimum atomic E-state index is -0.462. The monoisotopic (exact) mass is 406 g/mol. The number of aromatic amines is 1. The molecule has 0 bridgehead atoms. The van der Waals surface area contributed by atoms with Gasteiger partial charge in [-0.25, -0.2) is 4.79 Å². The molecule has 2 aromatic carbocycles. The molecule has 0 saturated carbocycles. The van der Waals surface area contributed by atoms with Crippen LogP contribution in [0.4, 0.5) is 0 Å². The van der Waals surface area contributed by atoms with E-state index in [0.717, 1.165) is 37.0 Å². The fourth-order valence-electron chi connectivity index (χ4n) is 4.03. The molecule has 0 spiro atoms. The average Bonchev–Trinajstić information content (AvgIpc) is 2.76. The summed E-state index contributed by atoms with van der Waals surface area (Å²) in [5.74, 6) is -0.207. The van der Waals surface area contributed by atoms with Crippen molar-refractivity contribution >= 4 is 16.8 Å². The number of benzene rings is 2. The summed E-state index contributed by atoms with van der Waals surface area (Å²) in [4.78, 5) is 41.9. The molecule has 1 aromatic heterocycles. The number of aromatic nitrogens is 2. The van der Waals surface area contributed by atoms with Crippen molar-refractivity contribution in [1.29, 1.82) is 0 Å². The van der Waals surface area contributed by atoms with Crippen LogP contribution >= 0.6 is 0 Å². The van der Waals surface area contributed by atoms with Gasteiger partial charge < -0.3 is 10.3 Å². The van der Waals surface area contributed by atoms with Gasteiger partial charge in [0, 0.05) is 38.3 Å². The Morgan fingerprint density at radius 3 is 2.73 bits per heavy atom. The number of hydrogen-bond acceptors (Lipinski definition) is 4. The second kappa shape index (κ2) is 8.67. The Morgan fingerprint density at radius 2 is 1.93 bits per heavy atom. The molecule has 0 saturated heterocycles. The van der Waals surface area contributed by atoms with Crippen LogP contribution in [0, 0.1) is 0 Å². The number of rotatable bonds is 6. The van der Waals surface area contributed by atoms with Crippen molar-refractivity contribution in [3.8, 4) is 0 Å². The molecule has 2 N–H and O–H groups in total. The van der Waals surface area contributed by atoms with Gasteiger partial charge >= 0.3 is 5.69 Å². The van der Waals surface area contributed by atoms with Crippen molar-refractivity contribution < 1.29 is 4.79 Å². The highest BCUT2D eigenvalue weighted by atomic mass is 16.2. The first-order valence-corrected chi connectivity index (χ1v) is 10.4. The highest BCUT2D eigenvalue weighted by Gasteiger charge is 2.15. The van der Waals surface area contributed by atoms with Gasteiger partial charge in [0.25, 0.3) is 11.5 Å². The first-order valence-electron chi connectivity index (χ1n) is 10.4. The number of amides is 1. The molecule has 0 radical (unpaired) electrons. The Labute approximate surface area is 174 Å². The van der Waals surface area contributed by atoms with Gasteiger partial charge in [0.05, 0.1) is 10.9 Å². The SMILES string of the molecule is CCn1c(=O)[nH]c2cc(C(=O)NCCCN3CCc4ccccc4C3)ccc2c1=O. The zero-order valence-electron chi connectivity index (χ0n) is 17.1. The molecule has 0 unspecified atom stereocenters. The molecule has 0 atom stereocenters. The van der Waals surface area contributed by atoms with E-state index in [9.17, 15) is 14.4 Å². The summed E-state index contributed by atoms with van der Waals surface area (Å²) in [5.41, 5.74) is 2.83. The largest absolute Gasteiger partial charge is 0.352 e. The number of H-pyrrole nitrogens is 1. The highest BCUT2D eigenvalue weighted by Crippen LogP contribution is 2.18. The van der Waals surface area contributed by atoms with Crippen LogP contribution in [0.2, 0.25) is 0 Å². The van der Waals surface area contributed by atoms with Gasteiger partial charge in [-0.05, 0) is 49.1 Å². The van der Waals surface area contributed by atoms with Crippen molar-refractivity contribution in [3.63, 3.8) is 0 Å². The maximum Gasteiger partial charge on any atom is 0.328 e. The Balaban J connectivity index is 1.34. The third kappa shape index (κ3) is 4.07. The quantitative estimate of drug-likeness (QED) is 0.612. The van der Waals surface area contributed by atoms with Crippen molar-refractivity contribution in [2.24, 2.45) is 0 Å². The van der Waals surface area contributed by atoms with E-state index < -0.39 is 5.69 Å². The molecule has 156 valence electrons. The molecule has 2 heterocycles. The number of nitrogens with one attached hydrogen (secondary N) is 2. The lowest BCUT2D eigenvalue weighted by Gasteiger charge is -2.28. The summed E-state index contributed by atoms with van der Waals surface area (Å²) in [6, 6.07) is 13.3. The lowest BCUT2D eigenvalue weighted by Crippen LogP contribution is -2.34. The maximum atomic E-state index is 12.5. The molecular formula is C23H26N4O3. The number of hydrogen-bond donors (Lipinski definition) is 2. The van der Waals surface area contributed by atoms with Crippen LogP contribution in [-0.4, -0.2) is 40.0 Å². The Kier molecular flexibility index (Phi) is 5.81. The molecule has 7 heteroatoms. The fourth-order valence-corrected chi connectivity index (χ4v) is 4.03. The number of carbonyl (C=O) groups excluding carboxylic acids is 1. The summed E-state index contributed by atoms with van der Waals surface area (Å²) in [5, 5.41) is 3.33. The van der Waals surface area contributed by atoms with Crippen molar-refractivity contribution in [1.82, 2.24) is 19.8 Å². The van der Waals surface area contributed by atoms with Crippen LogP contribution in [0.1, 0.15) is 34.8 Å². The normalized spacial score (nSPS) is 13.9. The van der Waals surface area contributed by atoms with E-state index in [2.05, 4.69) is 39.5 Å². The lowest BCUT2D eigenvalue weighted by molar-refractivity contribution is 0.0951. The molecule has 7 nitrogen and oxygen atoms in total. The molecule has 0 fully saturated rings. The average molecular weight is 406 g/mol. The highest BCUT2D eigenvalue weighted by molar-refractivity contribution is 5.97. The van der Waals surface area contributed by atoms with E-state index in [-0.39, 0.29) is 11.5 Å². The van der Waals surface area contributed by atoms with Crippen LogP contribution in [0.3, 0.4) is 0 Å². The second-order valence-electron chi connectivity index (χ2n) is 7.64. The van der Waals surface area contributed by atoms with Gasteiger partial charge in [0.15, 0.2) is 0 Å². The summed E-state index contributed by atoms with van der Waals surface area (Å²) in [6.07, 6.45) is 1.93. The van der Waals surface area contributed by atoms with E-state index in [0.29, 0.717) is 29.6 Å². The molecule has 3 aromatic rings. The van der Waals surface area contributed by atoms with Crippen LogP contribution in [0.15, 0.2) is 52.1 Å². The van der Waals surface area contributed by atoms with Gasteiger partial charge in [0.1, 0.15) is 0 Å². The Morgan fingerprint density at radius 1 is 1.13 bits per heavy atom. The molecule has 1 aliphatic rings. The zero-order chi connectivity index (χ0) is 21.1. The minimum Gasteiger partial charge on any atom is -0.352 e. The third-order valence-electron chi connectivity index (χ3n) is 5.71. The van der Waals surface area contributed by atoms with Crippen LogP contribution in [0.5, 0.6) is 0 Å². The second-order valence-corrected chi connectivity index (χ2v) is 7.64. The van der Waals surface area contributed by atoms with Crippen LogP contribution < -0.4 is 16.6 Å². The number of carbonyl (C=O) groups is 1. The predicted molar refractivity (Wildman–Crippen MR) is 117 cm³/mol. The van der Waals surface area contributed by atoms with Crippen molar-refractivity contribution in [3.05, 3.63) is 80.0 Å². The maximum absolute atomic E-state index is 12.5. The zero-order valence-corrected chi connectivity index (χ0v) is 17.1. The summed E-state index contributed by atoms with van der Waals surface area (Å²) in [7, 11) is 0. The molecular weight excluding hydrogens is 380 g/mol. The Hall–Kier alpha value is -3.19. The predicted octanol–water partition coefficient (Wildman–Crippen LogP) is 1.89. The fraction of sp³-hybridized carbons (Fsp3) is 0.348. The molecule has 1 aliphatic heterocycles. The molecule has 0 aliphatic carbocycles. The Bertz CT molecular complexity index is 1200. The van der Waals surface area contributed by atoms with E-state index in [1.807, 2.05) is 0 Å². The van der Waals surface area contributed by atoms with Crippen molar-refractivity contribution in [2.45, 2.75) is 32.9 Å².